The van der Waals surface area contributed by atoms with Gasteiger partial charge in [-0.15, -0.1) is 0 Å². The molecule has 2 rings (SSSR count). The van der Waals surface area contributed by atoms with Gasteiger partial charge in [0.05, 0.1) is 12.6 Å². The quantitative estimate of drug-likeness (QED) is 0.911. The lowest BCUT2D eigenvalue weighted by Crippen LogP contribution is -2.41. The third-order valence-corrected chi connectivity index (χ3v) is 3.66. The molecule has 1 atom stereocenters. The van der Waals surface area contributed by atoms with E-state index in [0.717, 1.165) is 10.9 Å². The maximum atomic E-state index is 12.2. The number of aryl methyl sites for hydroxylation is 1. The minimum absolute atomic E-state index is 0.103. The molecule has 5 heteroatoms. The van der Waals surface area contributed by atoms with Crippen molar-refractivity contribution in [3.05, 3.63) is 34.5 Å². The summed E-state index contributed by atoms with van der Waals surface area (Å²) in [5.74, 6) is 0.0898. The molecule has 0 radical (unpaired) electrons. The van der Waals surface area contributed by atoms with E-state index in [1.165, 1.54) is 0 Å². The minimum Gasteiger partial charge on any atom is -0.451 e. The normalized spacial score (nSPS) is 12.9. The Morgan fingerprint density at radius 3 is 2.75 bits per heavy atom. The maximum absolute atomic E-state index is 12.2. The lowest BCUT2D eigenvalue weighted by atomic mass is 10.1. The standard InChI is InChI=1S/C15H18ClNO3/c1-8(2)12(7-18)17-15(19)14-9(3)11-6-10(16)4-5-13(11)20-14/h4-6,8,12,18H,7H2,1-3H3,(H,17,19)/t12-/m1/s1. The molecule has 0 aliphatic carbocycles. The molecule has 1 aromatic carbocycles. The molecule has 0 fully saturated rings. The van der Waals surface area contributed by atoms with Gasteiger partial charge in [-0.1, -0.05) is 25.4 Å². The van der Waals surface area contributed by atoms with E-state index in [0.29, 0.717) is 10.6 Å². The second kappa shape index (κ2) is 5.85. The number of benzene rings is 1. The fourth-order valence-electron chi connectivity index (χ4n) is 2.07. The van der Waals surface area contributed by atoms with E-state index in [4.69, 9.17) is 16.0 Å². The summed E-state index contributed by atoms with van der Waals surface area (Å²) in [5, 5.41) is 13.5. The zero-order chi connectivity index (χ0) is 14.9. The van der Waals surface area contributed by atoms with Crippen molar-refractivity contribution in [2.45, 2.75) is 26.8 Å². The van der Waals surface area contributed by atoms with Crippen molar-refractivity contribution < 1.29 is 14.3 Å². The van der Waals surface area contributed by atoms with Crippen LogP contribution in [0.3, 0.4) is 0 Å². The zero-order valence-electron chi connectivity index (χ0n) is 11.7. The predicted octanol–water partition coefficient (Wildman–Crippen LogP) is 3.14. The SMILES string of the molecule is Cc1c(C(=O)N[C@H](CO)C(C)C)oc2ccc(Cl)cc12. The number of hydrogen-bond acceptors (Lipinski definition) is 3. The van der Waals surface area contributed by atoms with Gasteiger partial charge in [-0.05, 0) is 31.0 Å². The fraction of sp³-hybridized carbons (Fsp3) is 0.400. The number of rotatable bonds is 4. The van der Waals surface area contributed by atoms with Crippen LogP contribution in [0.15, 0.2) is 22.6 Å². The second-order valence-electron chi connectivity index (χ2n) is 5.20. The average Bonchev–Trinajstić information content (AvgIpc) is 2.73. The van der Waals surface area contributed by atoms with Crippen LogP contribution in [-0.2, 0) is 0 Å². The summed E-state index contributed by atoms with van der Waals surface area (Å²) in [6.07, 6.45) is 0. The number of nitrogens with one attached hydrogen (secondary N) is 1. The topological polar surface area (TPSA) is 62.5 Å². The third-order valence-electron chi connectivity index (χ3n) is 3.42. The summed E-state index contributed by atoms with van der Waals surface area (Å²) < 4.78 is 5.59. The van der Waals surface area contributed by atoms with Crippen LogP contribution in [0, 0.1) is 12.8 Å². The van der Waals surface area contributed by atoms with Crippen molar-refractivity contribution >= 4 is 28.5 Å². The number of aliphatic hydroxyl groups excluding tert-OH is 1. The molecule has 0 saturated carbocycles. The Morgan fingerprint density at radius 2 is 2.15 bits per heavy atom. The summed E-state index contributed by atoms with van der Waals surface area (Å²) in [6.45, 7) is 5.59. The Balaban J connectivity index is 2.33. The molecule has 0 unspecified atom stereocenters. The summed E-state index contributed by atoms with van der Waals surface area (Å²) >= 11 is 5.95. The summed E-state index contributed by atoms with van der Waals surface area (Å²) in [5.41, 5.74) is 1.38. The van der Waals surface area contributed by atoms with Gasteiger partial charge in [0.1, 0.15) is 5.58 Å². The van der Waals surface area contributed by atoms with Crippen LogP contribution in [0.1, 0.15) is 30.0 Å². The second-order valence-corrected chi connectivity index (χ2v) is 5.64. The Bertz CT molecular complexity index is 633. The van der Waals surface area contributed by atoms with E-state index >= 15 is 0 Å². The van der Waals surface area contributed by atoms with Crippen LogP contribution >= 0.6 is 11.6 Å². The average molecular weight is 296 g/mol. The molecular weight excluding hydrogens is 278 g/mol. The zero-order valence-corrected chi connectivity index (χ0v) is 12.5. The van der Waals surface area contributed by atoms with Gasteiger partial charge >= 0.3 is 0 Å². The molecule has 2 N–H and O–H groups in total. The Labute approximate surface area is 122 Å². The van der Waals surface area contributed by atoms with Gasteiger partial charge in [-0.3, -0.25) is 4.79 Å². The van der Waals surface area contributed by atoms with Crippen molar-refractivity contribution in [2.24, 2.45) is 5.92 Å². The van der Waals surface area contributed by atoms with E-state index < -0.39 is 0 Å². The summed E-state index contributed by atoms with van der Waals surface area (Å²) in [6, 6.07) is 4.95. The van der Waals surface area contributed by atoms with E-state index in [-0.39, 0.29) is 30.2 Å². The van der Waals surface area contributed by atoms with Crippen molar-refractivity contribution in [1.82, 2.24) is 5.32 Å². The minimum atomic E-state index is -0.317. The number of aliphatic hydroxyl groups is 1. The molecule has 0 spiro atoms. The highest BCUT2D eigenvalue weighted by Gasteiger charge is 2.21. The third kappa shape index (κ3) is 2.81. The van der Waals surface area contributed by atoms with Crippen molar-refractivity contribution in [3.8, 4) is 0 Å². The van der Waals surface area contributed by atoms with E-state index in [2.05, 4.69) is 5.32 Å². The number of carbonyl (C=O) groups excluding carboxylic acids is 1. The molecule has 2 aromatic rings. The first kappa shape index (κ1) is 14.9. The molecular formula is C15H18ClNO3. The molecule has 0 aliphatic heterocycles. The summed E-state index contributed by atoms with van der Waals surface area (Å²) in [7, 11) is 0. The molecule has 20 heavy (non-hydrogen) atoms. The highest BCUT2D eigenvalue weighted by Crippen LogP contribution is 2.27. The number of fused-ring (bicyclic) bond motifs is 1. The van der Waals surface area contributed by atoms with Gasteiger partial charge in [0, 0.05) is 16.0 Å². The van der Waals surface area contributed by atoms with Gasteiger partial charge in [0.15, 0.2) is 5.76 Å². The lowest BCUT2D eigenvalue weighted by Gasteiger charge is -2.19. The molecule has 4 nitrogen and oxygen atoms in total. The van der Waals surface area contributed by atoms with Crippen LogP contribution in [-0.4, -0.2) is 23.7 Å². The van der Waals surface area contributed by atoms with E-state index in [9.17, 15) is 9.90 Å². The molecule has 1 heterocycles. The van der Waals surface area contributed by atoms with E-state index in [1.807, 2.05) is 20.8 Å². The van der Waals surface area contributed by atoms with Crippen molar-refractivity contribution in [3.63, 3.8) is 0 Å². The molecule has 0 saturated heterocycles. The van der Waals surface area contributed by atoms with Crippen molar-refractivity contribution in [2.75, 3.05) is 6.61 Å². The van der Waals surface area contributed by atoms with Crippen LogP contribution in [0.2, 0.25) is 5.02 Å². The molecule has 108 valence electrons. The van der Waals surface area contributed by atoms with Gasteiger partial charge in [-0.25, -0.2) is 0 Å². The number of furan rings is 1. The molecule has 0 bridgehead atoms. The van der Waals surface area contributed by atoms with Crippen LogP contribution in [0.25, 0.3) is 11.0 Å². The number of carbonyl (C=O) groups is 1. The van der Waals surface area contributed by atoms with Gasteiger partial charge in [0.2, 0.25) is 0 Å². The smallest absolute Gasteiger partial charge is 0.287 e. The van der Waals surface area contributed by atoms with Crippen LogP contribution in [0.5, 0.6) is 0 Å². The highest BCUT2D eigenvalue weighted by molar-refractivity contribution is 6.31. The first-order valence-electron chi connectivity index (χ1n) is 6.54. The monoisotopic (exact) mass is 295 g/mol. The van der Waals surface area contributed by atoms with Gasteiger partial charge in [-0.2, -0.15) is 0 Å². The van der Waals surface area contributed by atoms with Crippen LogP contribution < -0.4 is 5.32 Å². The van der Waals surface area contributed by atoms with Gasteiger partial charge < -0.3 is 14.8 Å². The largest absolute Gasteiger partial charge is 0.451 e. The Morgan fingerprint density at radius 1 is 1.45 bits per heavy atom. The summed E-state index contributed by atoms with van der Waals surface area (Å²) in [4.78, 5) is 12.2. The Hall–Kier alpha value is -1.52. The lowest BCUT2D eigenvalue weighted by molar-refractivity contribution is 0.0870. The first-order valence-corrected chi connectivity index (χ1v) is 6.92. The predicted molar refractivity (Wildman–Crippen MR) is 79.1 cm³/mol. The fourth-order valence-corrected chi connectivity index (χ4v) is 2.24. The first-order chi connectivity index (χ1) is 9.43. The van der Waals surface area contributed by atoms with Crippen LogP contribution in [0.4, 0.5) is 0 Å². The Kier molecular flexibility index (Phi) is 4.35. The maximum Gasteiger partial charge on any atom is 0.287 e. The number of halogens is 1. The molecule has 1 aromatic heterocycles. The van der Waals surface area contributed by atoms with E-state index in [1.54, 1.807) is 18.2 Å². The highest BCUT2D eigenvalue weighted by atomic mass is 35.5. The van der Waals surface area contributed by atoms with Gasteiger partial charge in [0.25, 0.3) is 5.91 Å². The molecule has 0 aliphatic rings. The molecule has 1 amide bonds. The number of amides is 1. The van der Waals surface area contributed by atoms with Crippen molar-refractivity contribution in [1.29, 1.82) is 0 Å². The number of hydrogen-bond donors (Lipinski definition) is 2.